The van der Waals surface area contributed by atoms with Gasteiger partial charge in [-0.2, -0.15) is 0 Å². The van der Waals surface area contributed by atoms with E-state index in [9.17, 15) is 13.6 Å². The normalized spacial score (nSPS) is 10.3. The molecule has 0 radical (unpaired) electrons. The van der Waals surface area contributed by atoms with Crippen LogP contribution in [0.5, 0.6) is 0 Å². The van der Waals surface area contributed by atoms with Crippen LogP contribution in [0.3, 0.4) is 0 Å². The lowest BCUT2D eigenvalue weighted by molar-refractivity contribution is 0.102. The fourth-order valence-corrected chi connectivity index (χ4v) is 1.87. The monoisotopic (exact) mass is 346 g/mol. The van der Waals surface area contributed by atoms with Crippen LogP contribution < -0.4 is 5.32 Å². The number of rotatable bonds is 2. The minimum absolute atomic E-state index is 0.145. The van der Waals surface area contributed by atoms with Crippen molar-refractivity contribution in [2.24, 2.45) is 0 Å². The van der Waals surface area contributed by atoms with Gasteiger partial charge in [-0.05, 0) is 24.3 Å². The maximum atomic E-state index is 13.5. The average molecular weight is 348 g/mol. The molecule has 0 aliphatic carbocycles. The zero-order valence-corrected chi connectivity index (χ0v) is 11.6. The number of amides is 1. The van der Waals surface area contributed by atoms with Crippen molar-refractivity contribution in [3.8, 4) is 0 Å². The molecule has 1 N–H and O–H groups in total. The quantitative estimate of drug-likeness (QED) is 0.834. The smallest absolute Gasteiger partial charge is 0.257 e. The van der Waals surface area contributed by atoms with Crippen LogP contribution in [-0.2, 0) is 0 Å². The maximum Gasteiger partial charge on any atom is 0.257 e. The summed E-state index contributed by atoms with van der Waals surface area (Å²) in [6, 6.07) is 4.92. The summed E-state index contributed by atoms with van der Waals surface area (Å²) in [7, 11) is 0. The SMILES string of the molecule is O=C(Nc1c(F)cc(Br)cc1F)c1ccc(Cl)nc1. The first-order chi connectivity index (χ1) is 8.97. The lowest BCUT2D eigenvalue weighted by Crippen LogP contribution is -2.14. The van der Waals surface area contributed by atoms with E-state index in [0.717, 1.165) is 12.1 Å². The van der Waals surface area contributed by atoms with Crippen LogP contribution in [0.25, 0.3) is 0 Å². The molecular formula is C12H6BrClF2N2O. The van der Waals surface area contributed by atoms with Gasteiger partial charge in [-0.3, -0.25) is 4.79 Å². The van der Waals surface area contributed by atoms with E-state index in [4.69, 9.17) is 11.6 Å². The summed E-state index contributed by atoms with van der Waals surface area (Å²) >= 11 is 8.53. The molecule has 0 fully saturated rings. The Bertz CT molecular complexity index is 611. The second kappa shape index (κ2) is 5.63. The van der Waals surface area contributed by atoms with Crippen molar-refractivity contribution in [2.45, 2.75) is 0 Å². The number of pyridine rings is 1. The molecule has 0 unspecified atom stereocenters. The Morgan fingerprint density at radius 1 is 1.26 bits per heavy atom. The van der Waals surface area contributed by atoms with E-state index in [-0.39, 0.29) is 15.2 Å². The molecule has 0 aliphatic rings. The van der Waals surface area contributed by atoms with Crippen LogP contribution in [0, 0.1) is 11.6 Å². The molecule has 3 nitrogen and oxygen atoms in total. The summed E-state index contributed by atoms with van der Waals surface area (Å²) < 4.78 is 27.3. The van der Waals surface area contributed by atoms with Crippen molar-refractivity contribution >= 4 is 39.1 Å². The van der Waals surface area contributed by atoms with Gasteiger partial charge in [0.1, 0.15) is 10.8 Å². The predicted octanol–water partition coefficient (Wildman–Crippen LogP) is 4.03. The molecule has 2 aromatic rings. The molecule has 7 heteroatoms. The summed E-state index contributed by atoms with van der Waals surface area (Å²) in [5, 5.41) is 2.37. The number of nitrogens with one attached hydrogen (secondary N) is 1. The number of halogens is 4. The van der Waals surface area contributed by atoms with E-state index in [2.05, 4.69) is 26.2 Å². The largest absolute Gasteiger partial charge is 0.317 e. The van der Waals surface area contributed by atoms with Crippen LogP contribution in [-0.4, -0.2) is 10.9 Å². The van der Waals surface area contributed by atoms with Crippen molar-refractivity contribution in [1.82, 2.24) is 4.98 Å². The molecule has 1 heterocycles. The van der Waals surface area contributed by atoms with E-state index in [0.29, 0.717) is 0 Å². The van der Waals surface area contributed by atoms with Gasteiger partial charge in [-0.1, -0.05) is 27.5 Å². The third kappa shape index (κ3) is 3.27. The molecule has 1 aromatic heterocycles. The van der Waals surface area contributed by atoms with Gasteiger partial charge in [-0.15, -0.1) is 0 Å². The average Bonchev–Trinajstić information content (AvgIpc) is 2.34. The molecule has 98 valence electrons. The third-order valence-corrected chi connectivity index (χ3v) is 2.92. The summed E-state index contributed by atoms with van der Waals surface area (Å²) in [6.07, 6.45) is 1.21. The Morgan fingerprint density at radius 3 is 2.42 bits per heavy atom. The second-order valence-electron chi connectivity index (χ2n) is 3.57. The third-order valence-electron chi connectivity index (χ3n) is 2.23. The van der Waals surface area contributed by atoms with Crippen molar-refractivity contribution in [1.29, 1.82) is 0 Å². The number of anilines is 1. The molecule has 0 aliphatic heterocycles. The van der Waals surface area contributed by atoms with Crippen molar-refractivity contribution in [3.63, 3.8) is 0 Å². The maximum absolute atomic E-state index is 13.5. The fourth-order valence-electron chi connectivity index (χ4n) is 1.36. The van der Waals surface area contributed by atoms with E-state index >= 15 is 0 Å². The van der Waals surface area contributed by atoms with Gasteiger partial charge in [0.25, 0.3) is 5.91 Å². The highest BCUT2D eigenvalue weighted by molar-refractivity contribution is 9.10. The van der Waals surface area contributed by atoms with E-state index in [1.165, 1.54) is 18.3 Å². The standard InChI is InChI=1S/C12H6BrClF2N2O/c13-7-3-8(15)11(9(16)4-7)18-12(19)6-1-2-10(14)17-5-6/h1-5H,(H,18,19). The first-order valence-electron chi connectivity index (χ1n) is 5.05. The van der Waals surface area contributed by atoms with Gasteiger partial charge in [0, 0.05) is 10.7 Å². The number of aromatic nitrogens is 1. The molecule has 2 rings (SSSR count). The van der Waals surface area contributed by atoms with Gasteiger partial charge >= 0.3 is 0 Å². The lowest BCUT2D eigenvalue weighted by Gasteiger charge is -2.08. The van der Waals surface area contributed by atoms with Crippen LogP contribution in [0.1, 0.15) is 10.4 Å². The highest BCUT2D eigenvalue weighted by Crippen LogP contribution is 2.24. The summed E-state index contributed by atoms with van der Waals surface area (Å²) in [5.74, 6) is -2.42. The van der Waals surface area contributed by atoms with Crippen molar-refractivity contribution in [2.75, 3.05) is 5.32 Å². The van der Waals surface area contributed by atoms with Crippen LogP contribution in [0.15, 0.2) is 34.9 Å². The van der Waals surface area contributed by atoms with E-state index in [1.54, 1.807) is 0 Å². The molecule has 0 spiro atoms. The zero-order chi connectivity index (χ0) is 14.0. The summed E-state index contributed by atoms with van der Waals surface area (Å²) in [5.41, 5.74) is -0.366. The number of carbonyl (C=O) groups is 1. The van der Waals surface area contributed by atoms with Crippen LogP contribution in [0.2, 0.25) is 5.15 Å². The molecule has 1 amide bonds. The Hall–Kier alpha value is -1.53. The van der Waals surface area contributed by atoms with Crippen LogP contribution >= 0.6 is 27.5 Å². The molecule has 0 saturated carbocycles. The molecule has 19 heavy (non-hydrogen) atoms. The molecule has 0 saturated heterocycles. The first-order valence-corrected chi connectivity index (χ1v) is 6.22. The second-order valence-corrected chi connectivity index (χ2v) is 4.87. The Labute approximate surface area is 120 Å². The zero-order valence-electron chi connectivity index (χ0n) is 9.25. The summed E-state index contributed by atoms with van der Waals surface area (Å²) in [6.45, 7) is 0. The van der Waals surface area contributed by atoms with Crippen molar-refractivity contribution in [3.05, 3.63) is 57.3 Å². The lowest BCUT2D eigenvalue weighted by atomic mass is 10.2. The number of hydrogen-bond donors (Lipinski definition) is 1. The summed E-state index contributed by atoms with van der Waals surface area (Å²) in [4.78, 5) is 15.5. The molecule has 0 atom stereocenters. The van der Waals surface area contributed by atoms with Crippen LogP contribution in [0.4, 0.5) is 14.5 Å². The van der Waals surface area contributed by atoms with E-state index < -0.39 is 23.2 Å². The van der Waals surface area contributed by atoms with Gasteiger partial charge in [0.2, 0.25) is 0 Å². The Balaban J connectivity index is 2.26. The minimum atomic E-state index is -0.873. The number of hydrogen-bond acceptors (Lipinski definition) is 2. The van der Waals surface area contributed by atoms with Crippen molar-refractivity contribution < 1.29 is 13.6 Å². The number of nitrogens with zero attached hydrogens (tertiary/aromatic N) is 1. The van der Waals surface area contributed by atoms with Gasteiger partial charge in [0.05, 0.1) is 5.56 Å². The molecule has 1 aromatic carbocycles. The highest BCUT2D eigenvalue weighted by Gasteiger charge is 2.14. The Kier molecular flexibility index (Phi) is 4.11. The van der Waals surface area contributed by atoms with Gasteiger partial charge in [0.15, 0.2) is 11.6 Å². The fraction of sp³-hybridized carbons (Fsp3) is 0. The van der Waals surface area contributed by atoms with E-state index in [1.807, 2.05) is 0 Å². The van der Waals surface area contributed by atoms with Gasteiger partial charge in [-0.25, -0.2) is 13.8 Å². The minimum Gasteiger partial charge on any atom is -0.317 e. The predicted molar refractivity (Wildman–Crippen MR) is 71.3 cm³/mol. The Morgan fingerprint density at radius 2 is 1.89 bits per heavy atom. The highest BCUT2D eigenvalue weighted by atomic mass is 79.9. The molecule has 0 bridgehead atoms. The number of benzene rings is 1. The first kappa shape index (κ1) is 13.9. The topological polar surface area (TPSA) is 42.0 Å². The number of carbonyl (C=O) groups excluding carboxylic acids is 1. The van der Waals surface area contributed by atoms with Gasteiger partial charge < -0.3 is 5.32 Å². The molecular weight excluding hydrogens is 341 g/mol.